The molecule has 1 heterocycles. The molecule has 114 valence electrons. The average molecular weight is 284 g/mol. The van der Waals surface area contributed by atoms with Gasteiger partial charge in [-0.2, -0.15) is 0 Å². The van der Waals surface area contributed by atoms with E-state index in [4.69, 9.17) is 4.74 Å². The van der Waals surface area contributed by atoms with Crippen LogP contribution in [0.25, 0.3) is 0 Å². The van der Waals surface area contributed by atoms with Gasteiger partial charge in [0.25, 0.3) is 0 Å². The zero-order valence-corrected chi connectivity index (χ0v) is 12.7. The van der Waals surface area contributed by atoms with Crippen LogP contribution in [0.5, 0.6) is 0 Å². The van der Waals surface area contributed by atoms with Crippen molar-refractivity contribution in [3.63, 3.8) is 0 Å². The summed E-state index contributed by atoms with van der Waals surface area (Å²) in [5.74, 6) is -0.545. The molecule has 0 spiro atoms. The predicted octanol–water partition coefficient (Wildman–Crippen LogP) is 0.512. The molecule has 0 saturated carbocycles. The largest absolute Gasteiger partial charge is 0.465 e. The lowest BCUT2D eigenvalue weighted by Crippen LogP contribution is -2.38. The lowest BCUT2D eigenvalue weighted by Gasteiger charge is -2.21. The molecule has 6 nitrogen and oxygen atoms in total. The second kappa shape index (κ2) is 7.26. The summed E-state index contributed by atoms with van der Waals surface area (Å²) < 4.78 is 4.81. The van der Waals surface area contributed by atoms with Crippen LogP contribution in [0.2, 0.25) is 0 Å². The second-order valence-corrected chi connectivity index (χ2v) is 5.59. The van der Waals surface area contributed by atoms with Crippen molar-refractivity contribution in [2.75, 3.05) is 33.3 Å². The van der Waals surface area contributed by atoms with E-state index in [1.165, 1.54) is 4.90 Å². The Labute approximate surface area is 120 Å². The van der Waals surface area contributed by atoms with Crippen molar-refractivity contribution < 1.29 is 19.1 Å². The number of hydrogen-bond donors (Lipinski definition) is 0. The highest BCUT2D eigenvalue weighted by Crippen LogP contribution is 2.20. The first-order chi connectivity index (χ1) is 9.35. The fourth-order valence-corrected chi connectivity index (χ4v) is 2.34. The number of hydrogen-bond acceptors (Lipinski definition) is 4. The minimum absolute atomic E-state index is 0.0154. The molecule has 6 heteroatoms. The van der Waals surface area contributed by atoms with E-state index in [1.54, 1.807) is 18.9 Å². The van der Waals surface area contributed by atoms with Crippen molar-refractivity contribution in [1.29, 1.82) is 0 Å². The van der Waals surface area contributed by atoms with Crippen molar-refractivity contribution in [2.45, 2.75) is 27.2 Å². The molecule has 0 aliphatic carbocycles. The maximum Gasteiger partial charge on any atom is 0.325 e. The standard InChI is InChI=1S/C14H24N2O4/c1-5-20-13(18)9-15(4)14(19)11-6-12(17)16(8-11)7-10(2)3/h10-11H,5-9H2,1-4H3. The van der Waals surface area contributed by atoms with E-state index in [9.17, 15) is 14.4 Å². The van der Waals surface area contributed by atoms with Crippen LogP contribution in [-0.4, -0.2) is 60.9 Å². The number of esters is 1. The third-order valence-corrected chi connectivity index (χ3v) is 3.20. The lowest BCUT2D eigenvalue weighted by molar-refractivity contribution is -0.149. The summed E-state index contributed by atoms with van der Waals surface area (Å²) in [7, 11) is 1.56. The smallest absolute Gasteiger partial charge is 0.325 e. The highest BCUT2D eigenvalue weighted by atomic mass is 16.5. The van der Waals surface area contributed by atoms with Gasteiger partial charge in [-0.25, -0.2) is 0 Å². The summed E-state index contributed by atoms with van der Waals surface area (Å²) in [6, 6.07) is 0. The van der Waals surface area contributed by atoms with Gasteiger partial charge in [0.15, 0.2) is 0 Å². The quantitative estimate of drug-likeness (QED) is 0.667. The summed E-state index contributed by atoms with van der Waals surface area (Å²) >= 11 is 0. The molecule has 0 aromatic rings. The van der Waals surface area contributed by atoms with Gasteiger partial charge in [0, 0.05) is 26.6 Å². The maximum atomic E-state index is 12.2. The Hall–Kier alpha value is -1.59. The molecule has 0 aromatic heterocycles. The molecule has 1 rings (SSSR count). The number of amides is 2. The molecule has 1 saturated heterocycles. The predicted molar refractivity (Wildman–Crippen MR) is 73.8 cm³/mol. The van der Waals surface area contributed by atoms with Gasteiger partial charge in [-0.05, 0) is 12.8 Å². The van der Waals surface area contributed by atoms with Gasteiger partial charge >= 0.3 is 5.97 Å². The van der Waals surface area contributed by atoms with Crippen LogP contribution in [0, 0.1) is 11.8 Å². The normalized spacial score (nSPS) is 18.6. The third-order valence-electron chi connectivity index (χ3n) is 3.20. The molecule has 1 atom stereocenters. The van der Waals surface area contributed by atoms with E-state index in [-0.39, 0.29) is 30.7 Å². The molecule has 1 unspecified atom stereocenters. The Morgan fingerprint density at radius 1 is 1.45 bits per heavy atom. The summed E-state index contributed by atoms with van der Waals surface area (Å²) in [6.45, 7) is 7.14. The number of rotatable bonds is 6. The molecular formula is C14H24N2O4. The molecule has 1 fully saturated rings. The third kappa shape index (κ3) is 4.51. The summed E-state index contributed by atoms with van der Waals surface area (Å²) in [6.07, 6.45) is 0.235. The van der Waals surface area contributed by atoms with Crippen LogP contribution in [0.1, 0.15) is 27.2 Å². The zero-order valence-electron chi connectivity index (χ0n) is 12.7. The molecule has 1 aliphatic heterocycles. The number of likely N-dealkylation sites (N-methyl/N-ethyl adjacent to an activating group) is 1. The SMILES string of the molecule is CCOC(=O)CN(C)C(=O)C1CC(=O)N(CC(C)C)C1. The Morgan fingerprint density at radius 3 is 2.65 bits per heavy atom. The number of carbonyl (C=O) groups is 3. The van der Waals surface area contributed by atoms with E-state index in [2.05, 4.69) is 0 Å². The lowest BCUT2D eigenvalue weighted by atomic mass is 10.1. The van der Waals surface area contributed by atoms with Crippen molar-refractivity contribution in [1.82, 2.24) is 9.80 Å². The van der Waals surface area contributed by atoms with E-state index < -0.39 is 5.97 Å². The molecule has 0 bridgehead atoms. The van der Waals surface area contributed by atoms with Gasteiger partial charge in [0.2, 0.25) is 11.8 Å². The van der Waals surface area contributed by atoms with Crippen LogP contribution >= 0.6 is 0 Å². The molecule has 1 aliphatic rings. The Kier molecular flexibility index (Phi) is 5.98. The van der Waals surface area contributed by atoms with Gasteiger partial charge in [-0.3, -0.25) is 14.4 Å². The van der Waals surface area contributed by atoms with Crippen LogP contribution in [0.4, 0.5) is 0 Å². The first-order valence-corrected chi connectivity index (χ1v) is 7.03. The first-order valence-electron chi connectivity index (χ1n) is 7.03. The van der Waals surface area contributed by atoms with E-state index in [0.717, 1.165) is 0 Å². The van der Waals surface area contributed by atoms with E-state index >= 15 is 0 Å². The molecule has 0 N–H and O–H groups in total. The minimum Gasteiger partial charge on any atom is -0.465 e. The van der Waals surface area contributed by atoms with Gasteiger partial charge in [-0.1, -0.05) is 13.8 Å². The molecule has 20 heavy (non-hydrogen) atoms. The Balaban J connectivity index is 2.52. The van der Waals surface area contributed by atoms with Crippen molar-refractivity contribution >= 4 is 17.8 Å². The second-order valence-electron chi connectivity index (χ2n) is 5.59. The van der Waals surface area contributed by atoms with Crippen LogP contribution < -0.4 is 0 Å². The minimum atomic E-state index is -0.424. The Bertz CT molecular complexity index is 381. The number of carbonyl (C=O) groups excluding carboxylic acids is 3. The molecule has 2 amide bonds. The highest BCUT2D eigenvalue weighted by Gasteiger charge is 2.36. The van der Waals surface area contributed by atoms with Crippen molar-refractivity contribution in [2.24, 2.45) is 11.8 Å². The van der Waals surface area contributed by atoms with Crippen LogP contribution in [0.15, 0.2) is 0 Å². The molecule has 0 radical (unpaired) electrons. The number of ether oxygens (including phenoxy) is 1. The summed E-state index contributed by atoms with van der Waals surface area (Å²) in [5.41, 5.74) is 0. The fraction of sp³-hybridized carbons (Fsp3) is 0.786. The van der Waals surface area contributed by atoms with Crippen molar-refractivity contribution in [3.8, 4) is 0 Å². The summed E-state index contributed by atoms with van der Waals surface area (Å²) in [5, 5.41) is 0. The average Bonchev–Trinajstić information content (AvgIpc) is 2.69. The monoisotopic (exact) mass is 284 g/mol. The summed E-state index contributed by atoms with van der Waals surface area (Å²) in [4.78, 5) is 38.5. The van der Waals surface area contributed by atoms with Crippen LogP contribution in [0.3, 0.4) is 0 Å². The topological polar surface area (TPSA) is 66.9 Å². The number of nitrogens with zero attached hydrogens (tertiary/aromatic N) is 2. The Morgan fingerprint density at radius 2 is 2.10 bits per heavy atom. The fourth-order valence-electron chi connectivity index (χ4n) is 2.34. The highest BCUT2D eigenvalue weighted by molar-refractivity contribution is 5.90. The van der Waals surface area contributed by atoms with Gasteiger partial charge in [-0.15, -0.1) is 0 Å². The molecular weight excluding hydrogens is 260 g/mol. The molecule has 0 aromatic carbocycles. The maximum absolute atomic E-state index is 12.2. The van der Waals surface area contributed by atoms with E-state index in [1.807, 2.05) is 13.8 Å². The first kappa shape index (κ1) is 16.5. The number of likely N-dealkylation sites (tertiary alicyclic amines) is 1. The van der Waals surface area contributed by atoms with Gasteiger partial charge in [0.05, 0.1) is 12.5 Å². The van der Waals surface area contributed by atoms with Crippen LogP contribution in [-0.2, 0) is 19.1 Å². The van der Waals surface area contributed by atoms with E-state index in [0.29, 0.717) is 25.6 Å². The van der Waals surface area contributed by atoms with Gasteiger partial charge < -0.3 is 14.5 Å². The van der Waals surface area contributed by atoms with Crippen molar-refractivity contribution in [3.05, 3.63) is 0 Å². The van der Waals surface area contributed by atoms with Gasteiger partial charge in [0.1, 0.15) is 6.54 Å². The zero-order chi connectivity index (χ0) is 15.3.